The van der Waals surface area contributed by atoms with Crippen LogP contribution in [-0.2, 0) is 6.42 Å². The van der Waals surface area contributed by atoms with E-state index >= 15 is 0 Å². The Balaban J connectivity index is 2.37. The number of phenolic OH excluding ortho intramolecular Hbond substituents is 1. The van der Waals surface area contributed by atoms with Crippen molar-refractivity contribution in [3.63, 3.8) is 0 Å². The molecular weight excluding hydrogens is 228 g/mol. The smallest absolute Gasteiger partial charge is 0.136 e. The summed E-state index contributed by atoms with van der Waals surface area (Å²) in [6.45, 7) is 0.0426. The SMILES string of the molecule is OCCc1cnn(-c2ccc(O)cc2)c1Cl. The second-order valence-corrected chi connectivity index (χ2v) is 3.72. The van der Waals surface area contributed by atoms with Gasteiger partial charge in [0.15, 0.2) is 0 Å². The molecule has 0 aliphatic rings. The third-order valence-electron chi connectivity index (χ3n) is 2.26. The van der Waals surface area contributed by atoms with E-state index in [1.165, 1.54) is 0 Å². The zero-order valence-corrected chi connectivity index (χ0v) is 9.22. The second-order valence-electron chi connectivity index (χ2n) is 3.36. The van der Waals surface area contributed by atoms with Gasteiger partial charge in [-0.1, -0.05) is 11.6 Å². The van der Waals surface area contributed by atoms with Crippen LogP contribution in [0, 0.1) is 0 Å². The Morgan fingerprint density at radius 3 is 2.56 bits per heavy atom. The fourth-order valence-electron chi connectivity index (χ4n) is 1.43. The number of phenols is 1. The molecule has 0 unspecified atom stereocenters. The second kappa shape index (κ2) is 4.55. The molecule has 0 aliphatic heterocycles. The summed E-state index contributed by atoms with van der Waals surface area (Å²) in [6, 6.07) is 6.58. The molecular formula is C11H11ClN2O2. The molecule has 0 bridgehead atoms. The molecule has 0 radical (unpaired) electrons. The molecule has 4 nitrogen and oxygen atoms in total. The molecule has 1 aromatic heterocycles. The molecule has 2 rings (SSSR count). The zero-order valence-electron chi connectivity index (χ0n) is 8.47. The molecule has 0 fully saturated rings. The van der Waals surface area contributed by atoms with Gasteiger partial charge in [-0.25, -0.2) is 4.68 Å². The number of hydrogen-bond acceptors (Lipinski definition) is 3. The van der Waals surface area contributed by atoms with E-state index in [2.05, 4.69) is 5.10 Å². The minimum absolute atomic E-state index is 0.0426. The first-order valence-electron chi connectivity index (χ1n) is 4.85. The van der Waals surface area contributed by atoms with E-state index in [1.54, 1.807) is 35.1 Å². The lowest BCUT2D eigenvalue weighted by Gasteiger charge is -2.03. The highest BCUT2D eigenvalue weighted by atomic mass is 35.5. The van der Waals surface area contributed by atoms with Crippen molar-refractivity contribution in [2.75, 3.05) is 6.61 Å². The van der Waals surface area contributed by atoms with Crippen molar-refractivity contribution < 1.29 is 10.2 Å². The minimum Gasteiger partial charge on any atom is -0.508 e. The Kier molecular flexibility index (Phi) is 3.12. The molecule has 0 atom stereocenters. The maximum atomic E-state index is 9.17. The van der Waals surface area contributed by atoms with Crippen LogP contribution in [0.4, 0.5) is 0 Å². The van der Waals surface area contributed by atoms with E-state index in [0.29, 0.717) is 11.6 Å². The molecule has 2 N–H and O–H groups in total. The van der Waals surface area contributed by atoms with Gasteiger partial charge in [0, 0.05) is 18.6 Å². The van der Waals surface area contributed by atoms with Crippen LogP contribution in [-0.4, -0.2) is 26.6 Å². The van der Waals surface area contributed by atoms with Gasteiger partial charge in [-0.15, -0.1) is 0 Å². The fraction of sp³-hybridized carbons (Fsp3) is 0.182. The van der Waals surface area contributed by atoms with Gasteiger partial charge in [-0.2, -0.15) is 5.10 Å². The van der Waals surface area contributed by atoms with E-state index < -0.39 is 0 Å². The van der Waals surface area contributed by atoms with E-state index in [4.69, 9.17) is 21.8 Å². The Morgan fingerprint density at radius 1 is 1.25 bits per heavy atom. The summed E-state index contributed by atoms with van der Waals surface area (Å²) < 4.78 is 1.56. The number of aliphatic hydroxyl groups excluding tert-OH is 1. The predicted molar refractivity (Wildman–Crippen MR) is 61.0 cm³/mol. The van der Waals surface area contributed by atoms with Gasteiger partial charge < -0.3 is 10.2 Å². The number of halogens is 1. The average Bonchev–Trinajstić information content (AvgIpc) is 2.63. The summed E-state index contributed by atoms with van der Waals surface area (Å²) in [7, 11) is 0. The Labute approximate surface area is 97.7 Å². The Bertz CT molecular complexity index is 479. The molecule has 2 aromatic rings. The normalized spacial score (nSPS) is 10.6. The Hall–Kier alpha value is -1.52. The molecule has 84 valence electrons. The van der Waals surface area contributed by atoms with Crippen LogP contribution in [0.5, 0.6) is 5.75 Å². The summed E-state index contributed by atoms with van der Waals surface area (Å²) in [6.07, 6.45) is 2.11. The van der Waals surface area contributed by atoms with Crippen LogP contribution in [0.3, 0.4) is 0 Å². The quantitative estimate of drug-likeness (QED) is 0.857. The molecule has 0 saturated heterocycles. The molecule has 0 aliphatic carbocycles. The number of hydrogen-bond donors (Lipinski definition) is 2. The van der Waals surface area contributed by atoms with E-state index in [0.717, 1.165) is 11.3 Å². The fourth-order valence-corrected chi connectivity index (χ4v) is 1.71. The number of aromatic nitrogens is 2. The number of rotatable bonds is 3. The molecule has 0 spiro atoms. The van der Waals surface area contributed by atoms with Gasteiger partial charge in [0.2, 0.25) is 0 Å². The number of nitrogens with zero attached hydrogens (tertiary/aromatic N) is 2. The van der Waals surface area contributed by atoms with Gasteiger partial charge in [-0.3, -0.25) is 0 Å². The maximum absolute atomic E-state index is 9.17. The summed E-state index contributed by atoms with van der Waals surface area (Å²) in [4.78, 5) is 0. The first-order valence-corrected chi connectivity index (χ1v) is 5.23. The van der Waals surface area contributed by atoms with Gasteiger partial charge in [-0.05, 0) is 24.3 Å². The van der Waals surface area contributed by atoms with Crippen LogP contribution in [0.15, 0.2) is 30.5 Å². The minimum atomic E-state index is 0.0426. The lowest BCUT2D eigenvalue weighted by molar-refractivity contribution is 0.299. The number of aromatic hydroxyl groups is 1. The van der Waals surface area contributed by atoms with Crippen molar-refractivity contribution >= 4 is 11.6 Å². The topological polar surface area (TPSA) is 58.3 Å². The van der Waals surface area contributed by atoms with Crippen molar-refractivity contribution in [2.45, 2.75) is 6.42 Å². The van der Waals surface area contributed by atoms with Gasteiger partial charge in [0.25, 0.3) is 0 Å². The monoisotopic (exact) mass is 238 g/mol. The van der Waals surface area contributed by atoms with Crippen LogP contribution >= 0.6 is 11.6 Å². The highest BCUT2D eigenvalue weighted by Gasteiger charge is 2.09. The molecule has 5 heteroatoms. The molecule has 0 amide bonds. The van der Waals surface area contributed by atoms with Crippen molar-refractivity contribution in [3.05, 3.63) is 41.2 Å². The lowest BCUT2D eigenvalue weighted by atomic mass is 10.2. The summed E-state index contributed by atoms with van der Waals surface area (Å²) in [5.74, 6) is 0.197. The third kappa shape index (κ3) is 2.03. The highest BCUT2D eigenvalue weighted by Crippen LogP contribution is 2.21. The average molecular weight is 239 g/mol. The van der Waals surface area contributed by atoms with Gasteiger partial charge >= 0.3 is 0 Å². The van der Waals surface area contributed by atoms with E-state index in [9.17, 15) is 0 Å². The van der Waals surface area contributed by atoms with Crippen molar-refractivity contribution in [1.82, 2.24) is 9.78 Å². The largest absolute Gasteiger partial charge is 0.508 e. The Morgan fingerprint density at radius 2 is 1.94 bits per heavy atom. The molecule has 1 heterocycles. The summed E-state index contributed by atoms with van der Waals surface area (Å²) >= 11 is 6.10. The van der Waals surface area contributed by atoms with Gasteiger partial charge in [0.1, 0.15) is 10.9 Å². The summed E-state index contributed by atoms with van der Waals surface area (Å²) in [5.41, 5.74) is 1.57. The first kappa shape index (κ1) is 11.0. The standard InChI is InChI=1S/C11H11ClN2O2/c12-11-8(5-6-15)7-13-14(11)9-1-3-10(16)4-2-9/h1-4,7,15-16H,5-6H2. The number of aliphatic hydroxyl groups is 1. The van der Waals surface area contributed by atoms with Crippen LogP contribution in [0.25, 0.3) is 5.69 Å². The van der Waals surface area contributed by atoms with Crippen molar-refractivity contribution in [2.24, 2.45) is 0 Å². The highest BCUT2D eigenvalue weighted by molar-refractivity contribution is 6.30. The maximum Gasteiger partial charge on any atom is 0.136 e. The third-order valence-corrected chi connectivity index (χ3v) is 2.66. The van der Waals surface area contributed by atoms with Gasteiger partial charge in [0.05, 0.1) is 11.9 Å². The molecule has 16 heavy (non-hydrogen) atoms. The number of benzene rings is 1. The predicted octanol–water partition coefficient (Wildman–Crippen LogP) is 1.77. The molecule has 0 saturated carbocycles. The van der Waals surface area contributed by atoms with E-state index in [-0.39, 0.29) is 12.4 Å². The summed E-state index contributed by atoms with van der Waals surface area (Å²) in [5, 5.41) is 22.6. The first-order chi connectivity index (χ1) is 7.72. The van der Waals surface area contributed by atoms with Crippen molar-refractivity contribution in [1.29, 1.82) is 0 Å². The van der Waals surface area contributed by atoms with Crippen LogP contribution in [0.1, 0.15) is 5.56 Å². The lowest BCUT2D eigenvalue weighted by Crippen LogP contribution is -1.96. The van der Waals surface area contributed by atoms with Crippen LogP contribution in [0.2, 0.25) is 5.15 Å². The van der Waals surface area contributed by atoms with Crippen LogP contribution < -0.4 is 0 Å². The van der Waals surface area contributed by atoms with Crippen molar-refractivity contribution in [3.8, 4) is 11.4 Å². The molecule has 1 aromatic carbocycles. The zero-order chi connectivity index (χ0) is 11.5. The van der Waals surface area contributed by atoms with E-state index in [1.807, 2.05) is 0 Å².